The van der Waals surface area contributed by atoms with Gasteiger partial charge in [-0.1, -0.05) is 38.3 Å². The summed E-state index contributed by atoms with van der Waals surface area (Å²) in [6.45, 7) is 9.80. The Kier molecular flexibility index (Phi) is 7.17. The van der Waals surface area contributed by atoms with Crippen molar-refractivity contribution in [2.45, 2.75) is 53.0 Å². The Morgan fingerprint density at radius 1 is 1.33 bits per heavy atom. The van der Waals surface area contributed by atoms with Crippen molar-refractivity contribution in [2.75, 3.05) is 6.54 Å². The van der Waals surface area contributed by atoms with Crippen LogP contribution < -0.4 is 5.32 Å². The molecule has 0 rings (SSSR count). The summed E-state index contributed by atoms with van der Waals surface area (Å²) in [5.41, 5.74) is 1.41. The van der Waals surface area contributed by atoms with E-state index in [4.69, 9.17) is 0 Å². The highest BCUT2D eigenvalue weighted by molar-refractivity contribution is 5.00. The maximum atomic E-state index is 3.47. The molecule has 1 heteroatoms. The molecule has 0 aromatic rings. The van der Waals surface area contributed by atoms with E-state index < -0.39 is 0 Å². The summed E-state index contributed by atoms with van der Waals surface area (Å²) in [6, 6.07) is 0.597. The molecule has 0 heterocycles. The van der Waals surface area contributed by atoms with Crippen LogP contribution in [0.4, 0.5) is 0 Å². The van der Waals surface area contributed by atoms with Crippen LogP contribution in [-0.4, -0.2) is 12.6 Å². The minimum Gasteiger partial charge on any atom is -0.311 e. The summed E-state index contributed by atoms with van der Waals surface area (Å²) >= 11 is 0. The average molecular weight is 169 g/mol. The highest BCUT2D eigenvalue weighted by Gasteiger charge is 2.01. The molecule has 0 bridgehead atoms. The number of likely N-dealkylation sites (N-methyl/N-ethyl adjacent to an activating group) is 1. The average Bonchev–Trinajstić information content (AvgIpc) is 2.00. The van der Waals surface area contributed by atoms with Crippen molar-refractivity contribution in [1.82, 2.24) is 5.32 Å². The number of hydrogen-bond acceptors (Lipinski definition) is 1. The standard InChI is InChI=1S/C11H23N/c1-5-7-8-11(12-6-2)9-10(3)4/h9,11-12H,5-8H2,1-4H3. The van der Waals surface area contributed by atoms with E-state index in [-0.39, 0.29) is 0 Å². The van der Waals surface area contributed by atoms with Crippen LogP contribution in [0, 0.1) is 0 Å². The minimum absolute atomic E-state index is 0.597. The largest absolute Gasteiger partial charge is 0.311 e. The molecule has 0 aliphatic rings. The number of nitrogens with one attached hydrogen (secondary N) is 1. The highest BCUT2D eigenvalue weighted by atomic mass is 14.9. The monoisotopic (exact) mass is 169 g/mol. The van der Waals surface area contributed by atoms with Crippen molar-refractivity contribution >= 4 is 0 Å². The van der Waals surface area contributed by atoms with Gasteiger partial charge in [0.05, 0.1) is 0 Å². The number of allylic oxidation sites excluding steroid dienone is 1. The Bertz CT molecular complexity index is 123. The summed E-state index contributed by atoms with van der Waals surface area (Å²) in [4.78, 5) is 0. The minimum atomic E-state index is 0.597. The first-order chi connectivity index (χ1) is 5.70. The van der Waals surface area contributed by atoms with Gasteiger partial charge in [0, 0.05) is 6.04 Å². The summed E-state index contributed by atoms with van der Waals surface area (Å²) < 4.78 is 0. The summed E-state index contributed by atoms with van der Waals surface area (Å²) in [6.07, 6.45) is 6.22. The molecular weight excluding hydrogens is 146 g/mol. The zero-order valence-corrected chi connectivity index (χ0v) is 8.98. The third-order valence-corrected chi connectivity index (χ3v) is 1.87. The molecule has 0 aromatic carbocycles. The van der Waals surface area contributed by atoms with Crippen LogP contribution in [0.2, 0.25) is 0 Å². The van der Waals surface area contributed by atoms with Crippen molar-refractivity contribution < 1.29 is 0 Å². The molecule has 0 aliphatic heterocycles. The van der Waals surface area contributed by atoms with Crippen LogP contribution in [0.1, 0.15) is 47.0 Å². The van der Waals surface area contributed by atoms with Crippen LogP contribution in [0.25, 0.3) is 0 Å². The van der Waals surface area contributed by atoms with Gasteiger partial charge in [-0.15, -0.1) is 0 Å². The normalized spacial score (nSPS) is 12.7. The van der Waals surface area contributed by atoms with E-state index in [1.165, 1.54) is 24.8 Å². The molecule has 1 N–H and O–H groups in total. The second-order valence-electron chi connectivity index (χ2n) is 3.55. The quantitative estimate of drug-likeness (QED) is 0.602. The third-order valence-electron chi connectivity index (χ3n) is 1.87. The van der Waals surface area contributed by atoms with Crippen molar-refractivity contribution in [2.24, 2.45) is 0 Å². The van der Waals surface area contributed by atoms with Gasteiger partial charge in [0.2, 0.25) is 0 Å². The first-order valence-corrected chi connectivity index (χ1v) is 5.09. The van der Waals surface area contributed by atoms with Crippen LogP contribution >= 0.6 is 0 Å². The van der Waals surface area contributed by atoms with Gasteiger partial charge in [-0.25, -0.2) is 0 Å². The fourth-order valence-corrected chi connectivity index (χ4v) is 1.33. The van der Waals surface area contributed by atoms with E-state index in [1.807, 2.05) is 0 Å². The van der Waals surface area contributed by atoms with E-state index in [2.05, 4.69) is 39.1 Å². The molecule has 72 valence electrons. The Morgan fingerprint density at radius 3 is 2.42 bits per heavy atom. The molecular formula is C11H23N. The summed E-state index contributed by atoms with van der Waals surface area (Å²) in [7, 11) is 0. The summed E-state index contributed by atoms with van der Waals surface area (Å²) in [5, 5.41) is 3.47. The van der Waals surface area contributed by atoms with Crippen molar-refractivity contribution in [1.29, 1.82) is 0 Å². The molecule has 0 saturated carbocycles. The predicted molar refractivity (Wildman–Crippen MR) is 56.4 cm³/mol. The van der Waals surface area contributed by atoms with Gasteiger partial charge < -0.3 is 5.32 Å². The second kappa shape index (κ2) is 7.35. The number of hydrogen-bond donors (Lipinski definition) is 1. The Balaban J connectivity index is 3.78. The Hall–Kier alpha value is -0.300. The third kappa shape index (κ3) is 6.41. The maximum Gasteiger partial charge on any atom is 0.0252 e. The molecule has 1 nitrogen and oxygen atoms in total. The van der Waals surface area contributed by atoms with E-state index in [0.29, 0.717) is 6.04 Å². The molecule has 1 atom stereocenters. The number of unbranched alkanes of at least 4 members (excludes halogenated alkanes) is 1. The van der Waals surface area contributed by atoms with Crippen molar-refractivity contribution in [3.05, 3.63) is 11.6 Å². The van der Waals surface area contributed by atoms with E-state index in [9.17, 15) is 0 Å². The molecule has 0 saturated heterocycles. The second-order valence-corrected chi connectivity index (χ2v) is 3.55. The van der Waals surface area contributed by atoms with E-state index in [0.717, 1.165) is 6.54 Å². The van der Waals surface area contributed by atoms with Crippen molar-refractivity contribution in [3.8, 4) is 0 Å². The molecule has 0 aliphatic carbocycles. The maximum absolute atomic E-state index is 3.47. The molecule has 0 fully saturated rings. The lowest BCUT2D eigenvalue weighted by atomic mass is 10.1. The first kappa shape index (κ1) is 11.7. The van der Waals surface area contributed by atoms with E-state index in [1.54, 1.807) is 0 Å². The molecule has 12 heavy (non-hydrogen) atoms. The number of rotatable bonds is 6. The lowest BCUT2D eigenvalue weighted by Gasteiger charge is -2.13. The van der Waals surface area contributed by atoms with Gasteiger partial charge in [0.1, 0.15) is 0 Å². The molecule has 0 aromatic heterocycles. The van der Waals surface area contributed by atoms with E-state index >= 15 is 0 Å². The van der Waals surface area contributed by atoms with Crippen LogP contribution in [0.5, 0.6) is 0 Å². The highest BCUT2D eigenvalue weighted by Crippen LogP contribution is 2.04. The lowest BCUT2D eigenvalue weighted by molar-refractivity contribution is 0.546. The van der Waals surface area contributed by atoms with Gasteiger partial charge in [0.25, 0.3) is 0 Å². The van der Waals surface area contributed by atoms with Crippen molar-refractivity contribution in [3.63, 3.8) is 0 Å². The van der Waals surface area contributed by atoms with Crippen LogP contribution in [0.15, 0.2) is 11.6 Å². The molecule has 0 spiro atoms. The SMILES string of the molecule is CCCCC(C=C(C)C)NCC. The van der Waals surface area contributed by atoms with Gasteiger partial charge in [0.15, 0.2) is 0 Å². The smallest absolute Gasteiger partial charge is 0.0252 e. The van der Waals surface area contributed by atoms with Crippen LogP contribution in [-0.2, 0) is 0 Å². The fourth-order valence-electron chi connectivity index (χ4n) is 1.33. The van der Waals surface area contributed by atoms with Gasteiger partial charge in [-0.3, -0.25) is 0 Å². The zero-order chi connectivity index (χ0) is 9.40. The predicted octanol–water partition coefficient (Wildman–Crippen LogP) is 3.12. The van der Waals surface area contributed by atoms with Crippen LogP contribution in [0.3, 0.4) is 0 Å². The first-order valence-electron chi connectivity index (χ1n) is 5.09. The molecule has 0 amide bonds. The fraction of sp³-hybridized carbons (Fsp3) is 0.818. The molecule has 0 radical (unpaired) electrons. The van der Waals surface area contributed by atoms with Gasteiger partial charge in [-0.2, -0.15) is 0 Å². The topological polar surface area (TPSA) is 12.0 Å². The van der Waals surface area contributed by atoms with Gasteiger partial charge in [-0.05, 0) is 26.8 Å². The lowest BCUT2D eigenvalue weighted by Crippen LogP contribution is -2.26. The Labute approximate surface area is 77.2 Å². The molecule has 1 unspecified atom stereocenters. The summed E-state index contributed by atoms with van der Waals surface area (Å²) in [5.74, 6) is 0. The Morgan fingerprint density at radius 2 is 2.00 bits per heavy atom. The zero-order valence-electron chi connectivity index (χ0n) is 8.98. The van der Waals surface area contributed by atoms with Gasteiger partial charge >= 0.3 is 0 Å².